The summed E-state index contributed by atoms with van der Waals surface area (Å²) in [4.78, 5) is 4.04. The van der Waals surface area contributed by atoms with Gasteiger partial charge in [-0.3, -0.25) is 0 Å². The molecule has 0 spiro atoms. The summed E-state index contributed by atoms with van der Waals surface area (Å²) >= 11 is 0. The van der Waals surface area contributed by atoms with Gasteiger partial charge in [0.2, 0.25) is 0 Å². The standard InChI is InChI=1S/C19H16F3NO2/c1-10(24)7-12-3-5-14(9-16(12)21)25-17-8-13-4-6-15(20)18(22)19(13)23-11(17)2/h3-6,8-10,24H,7H2,1-2H3. The quantitative estimate of drug-likeness (QED) is 0.745. The van der Waals surface area contributed by atoms with E-state index in [0.29, 0.717) is 22.4 Å². The van der Waals surface area contributed by atoms with Crippen molar-refractivity contribution in [3.05, 3.63) is 65.1 Å². The maximum atomic E-state index is 14.1. The summed E-state index contributed by atoms with van der Waals surface area (Å²) in [5.74, 6) is -1.90. The molecule has 0 saturated heterocycles. The fourth-order valence-electron chi connectivity index (χ4n) is 2.56. The van der Waals surface area contributed by atoms with E-state index in [2.05, 4.69) is 4.98 Å². The highest BCUT2D eigenvalue weighted by atomic mass is 19.2. The van der Waals surface area contributed by atoms with E-state index in [-0.39, 0.29) is 17.7 Å². The predicted molar refractivity (Wildman–Crippen MR) is 88.3 cm³/mol. The molecule has 0 fully saturated rings. The summed E-state index contributed by atoms with van der Waals surface area (Å²) in [6, 6.07) is 8.28. The number of rotatable bonds is 4. The molecule has 3 rings (SSSR count). The molecule has 2 aromatic carbocycles. The van der Waals surface area contributed by atoms with Gasteiger partial charge in [0.15, 0.2) is 11.6 Å². The molecule has 130 valence electrons. The van der Waals surface area contributed by atoms with Gasteiger partial charge >= 0.3 is 0 Å². The predicted octanol–water partition coefficient (Wildman–Crippen LogP) is 4.68. The number of aromatic nitrogens is 1. The van der Waals surface area contributed by atoms with Crippen molar-refractivity contribution in [2.75, 3.05) is 0 Å². The van der Waals surface area contributed by atoms with Gasteiger partial charge in [0.25, 0.3) is 0 Å². The van der Waals surface area contributed by atoms with Crippen LogP contribution in [0.3, 0.4) is 0 Å². The van der Waals surface area contributed by atoms with Crippen LogP contribution in [0.15, 0.2) is 36.4 Å². The van der Waals surface area contributed by atoms with E-state index >= 15 is 0 Å². The average molecular weight is 347 g/mol. The minimum atomic E-state index is -1.01. The van der Waals surface area contributed by atoms with Crippen LogP contribution in [0.4, 0.5) is 13.2 Å². The van der Waals surface area contributed by atoms with E-state index in [1.165, 1.54) is 24.3 Å². The number of aliphatic hydroxyl groups is 1. The Morgan fingerprint density at radius 2 is 1.84 bits per heavy atom. The number of aryl methyl sites for hydroxylation is 1. The summed E-state index contributed by atoms with van der Waals surface area (Å²) in [6.07, 6.45) is -0.448. The van der Waals surface area contributed by atoms with Gasteiger partial charge in [0.1, 0.15) is 22.8 Å². The Hall–Kier alpha value is -2.60. The fourth-order valence-corrected chi connectivity index (χ4v) is 2.56. The monoisotopic (exact) mass is 347 g/mol. The van der Waals surface area contributed by atoms with Crippen LogP contribution in [0, 0.1) is 24.4 Å². The molecule has 3 aromatic rings. The van der Waals surface area contributed by atoms with Crippen LogP contribution >= 0.6 is 0 Å². The minimum absolute atomic E-state index is 0.0803. The molecular weight excluding hydrogens is 331 g/mol. The maximum Gasteiger partial charge on any atom is 0.184 e. The van der Waals surface area contributed by atoms with E-state index in [1.807, 2.05) is 0 Å². The van der Waals surface area contributed by atoms with Crippen LogP contribution in [-0.2, 0) is 6.42 Å². The second-order valence-electron chi connectivity index (χ2n) is 5.91. The molecule has 25 heavy (non-hydrogen) atoms. The lowest BCUT2D eigenvalue weighted by Gasteiger charge is -2.12. The number of pyridine rings is 1. The second-order valence-corrected chi connectivity index (χ2v) is 5.91. The van der Waals surface area contributed by atoms with Gasteiger partial charge in [-0.15, -0.1) is 0 Å². The van der Waals surface area contributed by atoms with E-state index in [4.69, 9.17) is 4.74 Å². The highest BCUT2D eigenvalue weighted by molar-refractivity contribution is 5.81. The van der Waals surface area contributed by atoms with Gasteiger partial charge < -0.3 is 9.84 Å². The number of nitrogens with zero attached hydrogens (tertiary/aromatic N) is 1. The summed E-state index contributed by atoms with van der Waals surface area (Å²) < 4.78 is 46.8. The average Bonchev–Trinajstić information content (AvgIpc) is 2.55. The molecule has 1 unspecified atom stereocenters. The molecule has 0 radical (unpaired) electrons. The fraction of sp³-hybridized carbons (Fsp3) is 0.211. The Bertz CT molecular complexity index is 942. The first kappa shape index (κ1) is 17.2. The van der Waals surface area contributed by atoms with Crippen LogP contribution in [0.2, 0.25) is 0 Å². The van der Waals surface area contributed by atoms with Crippen molar-refractivity contribution >= 4 is 10.9 Å². The first-order valence-electron chi connectivity index (χ1n) is 7.75. The Kier molecular flexibility index (Phi) is 4.63. The minimum Gasteiger partial charge on any atom is -0.455 e. The van der Waals surface area contributed by atoms with Crippen molar-refractivity contribution in [3.8, 4) is 11.5 Å². The van der Waals surface area contributed by atoms with Crippen molar-refractivity contribution in [1.29, 1.82) is 0 Å². The second kappa shape index (κ2) is 6.72. The third-order valence-electron chi connectivity index (χ3n) is 3.79. The third-order valence-corrected chi connectivity index (χ3v) is 3.79. The lowest BCUT2D eigenvalue weighted by molar-refractivity contribution is 0.194. The topological polar surface area (TPSA) is 42.4 Å². The Morgan fingerprint density at radius 3 is 2.52 bits per heavy atom. The molecule has 0 bridgehead atoms. The highest BCUT2D eigenvalue weighted by Crippen LogP contribution is 2.30. The van der Waals surface area contributed by atoms with Crippen LogP contribution in [0.25, 0.3) is 10.9 Å². The number of halogens is 3. The van der Waals surface area contributed by atoms with E-state index in [1.54, 1.807) is 19.9 Å². The largest absolute Gasteiger partial charge is 0.455 e. The van der Waals surface area contributed by atoms with Crippen LogP contribution in [0.5, 0.6) is 11.5 Å². The smallest absolute Gasteiger partial charge is 0.184 e. The molecule has 1 aromatic heterocycles. The van der Waals surface area contributed by atoms with Crippen LogP contribution in [-0.4, -0.2) is 16.2 Å². The first-order chi connectivity index (χ1) is 11.8. The molecule has 3 nitrogen and oxygen atoms in total. The molecule has 0 amide bonds. The zero-order chi connectivity index (χ0) is 18.1. The van der Waals surface area contributed by atoms with Crippen LogP contribution in [0.1, 0.15) is 18.2 Å². The van der Waals surface area contributed by atoms with Crippen molar-refractivity contribution in [2.24, 2.45) is 0 Å². The zero-order valence-electron chi connectivity index (χ0n) is 13.7. The number of hydrogen-bond acceptors (Lipinski definition) is 3. The van der Waals surface area contributed by atoms with Gasteiger partial charge in [-0.2, -0.15) is 0 Å². The number of fused-ring (bicyclic) bond motifs is 1. The molecule has 0 aliphatic heterocycles. The van der Waals surface area contributed by atoms with Gasteiger partial charge in [-0.05, 0) is 43.7 Å². The van der Waals surface area contributed by atoms with E-state index in [0.717, 1.165) is 6.07 Å². The van der Waals surface area contributed by atoms with Gasteiger partial charge in [-0.1, -0.05) is 6.07 Å². The number of ether oxygens (including phenoxy) is 1. The van der Waals surface area contributed by atoms with Crippen molar-refractivity contribution in [3.63, 3.8) is 0 Å². The van der Waals surface area contributed by atoms with E-state index < -0.39 is 23.6 Å². The zero-order valence-corrected chi connectivity index (χ0v) is 13.7. The summed E-state index contributed by atoms with van der Waals surface area (Å²) in [7, 11) is 0. The summed E-state index contributed by atoms with van der Waals surface area (Å²) in [5, 5.41) is 9.73. The molecule has 0 aliphatic carbocycles. The molecule has 1 atom stereocenters. The molecule has 6 heteroatoms. The molecule has 0 aliphatic rings. The highest BCUT2D eigenvalue weighted by Gasteiger charge is 2.13. The first-order valence-corrected chi connectivity index (χ1v) is 7.75. The third kappa shape index (κ3) is 3.58. The van der Waals surface area contributed by atoms with Crippen LogP contribution < -0.4 is 4.74 Å². The molecule has 1 N–H and O–H groups in total. The normalized spacial score (nSPS) is 12.4. The molecule has 1 heterocycles. The van der Waals surface area contributed by atoms with E-state index in [9.17, 15) is 18.3 Å². The number of hydrogen-bond donors (Lipinski definition) is 1. The number of aliphatic hydroxyl groups excluding tert-OH is 1. The summed E-state index contributed by atoms with van der Waals surface area (Å²) in [6.45, 7) is 3.17. The van der Waals surface area contributed by atoms with Gasteiger partial charge in [0.05, 0.1) is 11.8 Å². The Balaban J connectivity index is 1.94. The SMILES string of the molecule is Cc1nc2c(F)c(F)ccc2cc1Oc1ccc(CC(C)O)c(F)c1. The van der Waals surface area contributed by atoms with Gasteiger partial charge in [-0.25, -0.2) is 18.2 Å². The van der Waals surface area contributed by atoms with Gasteiger partial charge in [0, 0.05) is 17.9 Å². The summed E-state index contributed by atoms with van der Waals surface area (Å²) in [5.41, 5.74) is 0.655. The Morgan fingerprint density at radius 1 is 1.08 bits per heavy atom. The maximum absolute atomic E-state index is 14.1. The molecule has 0 saturated carbocycles. The Labute approximate surface area is 142 Å². The molecular formula is C19H16F3NO2. The number of benzene rings is 2. The van der Waals surface area contributed by atoms with Crippen molar-refractivity contribution < 1.29 is 23.0 Å². The lowest BCUT2D eigenvalue weighted by atomic mass is 10.1. The van der Waals surface area contributed by atoms with Crippen molar-refractivity contribution in [1.82, 2.24) is 4.98 Å². The van der Waals surface area contributed by atoms with Crippen molar-refractivity contribution in [2.45, 2.75) is 26.4 Å². The lowest BCUT2D eigenvalue weighted by Crippen LogP contribution is -2.06.